The third kappa shape index (κ3) is 3.65. The molecule has 8 heteroatoms. The predicted molar refractivity (Wildman–Crippen MR) is 99.3 cm³/mol. The first-order chi connectivity index (χ1) is 12.4. The third-order valence-electron chi connectivity index (χ3n) is 4.48. The van der Waals surface area contributed by atoms with Crippen LogP contribution in [0.15, 0.2) is 40.6 Å². The van der Waals surface area contributed by atoms with Gasteiger partial charge in [0.15, 0.2) is 0 Å². The number of fused-ring (bicyclic) bond motifs is 1. The molecule has 136 valence electrons. The molecule has 0 bridgehead atoms. The Bertz CT molecular complexity index is 943. The molecule has 1 aromatic carbocycles. The van der Waals surface area contributed by atoms with E-state index in [1.807, 2.05) is 23.3 Å². The van der Waals surface area contributed by atoms with Crippen molar-refractivity contribution in [2.75, 3.05) is 13.1 Å². The molecule has 2 aromatic rings. The van der Waals surface area contributed by atoms with Crippen molar-refractivity contribution in [1.82, 2.24) is 9.62 Å². The highest BCUT2D eigenvalue weighted by molar-refractivity contribution is 7.89. The highest BCUT2D eigenvalue weighted by Crippen LogP contribution is 2.33. The topological polar surface area (TPSA) is 90.3 Å². The maximum absolute atomic E-state index is 12.8. The van der Waals surface area contributed by atoms with Crippen LogP contribution >= 0.6 is 11.3 Å². The van der Waals surface area contributed by atoms with Gasteiger partial charge in [0.2, 0.25) is 10.0 Å². The maximum atomic E-state index is 12.8. The summed E-state index contributed by atoms with van der Waals surface area (Å²) in [6.45, 7) is 2.73. The Hall–Kier alpha value is -2.21. The van der Waals surface area contributed by atoms with Gasteiger partial charge in [-0.05, 0) is 54.6 Å². The van der Waals surface area contributed by atoms with Crippen LogP contribution in [-0.4, -0.2) is 32.3 Å². The second kappa shape index (κ2) is 7.58. The fourth-order valence-corrected chi connectivity index (χ4v) is 5.05. The summed E-state index contributed by atoms with van der Waals surface area (Å²) >= 11 is 1.72. The molecule has 0 radical (unpaired) electrons. The van der Waals surface area contributed by atoms with E-state index in [9.17, 15) is 13.2 Å². The van der Waals surface area contributed by atoms with Crippen molar-refractivity contribution in [1.29, 1.82) is 5.26 Å². The van der Waals surface area contributed by atoms with E-state index in [1.165, 1.54) is 34.7 Å². The number of nitrogens with zero attached hydrogens (tertiary/aromatic N) is 2. The van der Waals surface area contributed by atoms with E-state index in [-0.39, 0.29) is 29.8 Å². The molecule has 6 nitrogen and oxygen atoms in total. The number of carbonyl (C=O) groups is 1. The fourth-order valence-electron chi connectivity index (χ4n) is 3.05. The van der Waals surface area contributed by atoms with E-state index < -0.39 is 10.0 Å². The molecule has 0 saturated carbocycles. The number of carbonyl (C=O) groups excluding carboxylic acids is 1. The molecule has 1 N–H and O–H groups in total. The zero-order valence-corrected chi connectivity index (χ0v) is 15.9. The van der Waals surface area contributed by atoms with Crippen LogP contribution in [0.5, 0.6) is 0 Å². The molecular weight excluding hydrogens is 370 g/mol. The van der Waals surface area contributed by atoms with Crippen LogP contribution in [0.25, 0.3) is 0 Å². The SMILES string of the molecule is C[C@H]1c2ccsc2CCN1C(=O)c1ccc(S(=O)(=O)NCCC#N)cc1. The molecule has 1 aliphatic heterocycles. The number of hydrogen-bond donors (Lipinski definition) is 1. The molecule has 2 heterocycles. The molecule has 1 aromatic heterocycles. The van der Waals surface area contributed by atoms with Gasteiger partial charge in [-0.3, -0.25) is 4.79 Å². The van der Waals surface area contributed by atoms with E-state index in [0.717, 1.165) is 6.42 Å². The van der Waals surface area contributed by atoms with Crippen molar-refractivity contribution in [2.45, 2.75) is 30.7 Å². The minimum atomic E-state index is -3.67. The predicted octanol–water partition coefficient (Wildman–Crippen LogP) is 2.70. The molecular formula is C18H19N3O3S2. The summed E-state index contributed by atoms with van der Waals surface area (Å²) in [7, 11) is -3.67. The van der Waals surface area contributed by atoms with E-state index in [0.29, 0.717) is 12.1 Å². The Morgan fingerprint density at radius 2 is 2.08 bits per heavy atom. The first-order valence-electron chi connectivity index (χ1n) is 8.28. The van der Waals surface area contributed by atoms with Crippen LogP contribution < -0.4 is 4.72 Å². The van der Waals surface area contributed by atoms with E-state index >= 15 is 0 Å². The second-order valence-electron chi connectivity index (χ2n) is 6.05. The molecule has 1 amide bonds. The molecule has 26 heavy (non-hydrogen) atoms. The van der Waals surface area contributed by atoms with Crippen molar-refractivity contribution >= 4 is 27.3 Å². The minimum absolute atomic E-state index is 0.00792. The monoisotopic (exact) mass is 389 g/mol. The van der Waals surface area contributed by atoms with Crippen LogP contribution in [0.2, 0.25) is 0 Å². The Balaban J connectivity index is 1.75. The number of amides is 1. The van der Waals surface area contributed by atoms with E-state index in [2.05, 4.69) is 10.8 Å². The average molecular weight is 390 g/mol. The number of hydrogen-bond acceptors (Lipinski definition) is 5. The van der Waals surface area contributed by atoms with Gasteiger partial charge >= 0.3 is 0 Å². The van der Waals surface area contributed by atoms with Crippen molar-refractivity contribution in [3.05, 3.63) is 51.7 Å². The Morgan fingerprint density at radius 3 is 2.77 bits per heavy atom. The van der Waals surface area contributed by atoms with Crippen LogP contribution in [0, 0.1) is 11.3 Å². The van der Waals surface area contributed by atoms with Gasteiger partial charge in [0.05, 0.1) is 17.0 Å². The number of nitrogens with one attached hydrogen (secondary N) is 1. The number of thiophene rings is 1. The molecule has 0 saturated heterocycles. The summed E-state index contributed by atoms with van der Waals surface area (Å²) in [6.07, 6.45) is 0.950. The molecule has 1 aliphatic rings. The minimum Gasteiger partial charge on any atom is -0.331 e. The zero-order chi connectivity index (χ0) is 18.7. The Labute approximate surface area is 157 Å². The van der Waals surface area contributed by atoms with Gasteiger partial charge in [0.1, 0.15) is 0 Å². The van der Waals surface area contributed by atoms with Gasteiger partial charge in [-0.25, -0.2) is 13.1 Å². The van der Waals surface area contributed by atoms with Crippen LogP contribution in [0.4, 0.5) is 0 Å². The van der Waals surface area contributed by atoms with Crippen molar-refractivity contribution in [2.24, 2.45) is 0 Å². The van der Waals surface area contributed by atoms with Gasteiger partial charge in [0.25, 0.3) is 5.91 Å². The van der Waals surface area contributed by atoms with Gasteiger partial charge in [-0.1, -0.05) is 0 Å². The van der Waals surface area contributed by atoms with Crippen LogP contribution in [-0.2, 0) is 16.4 Å². The number of rotatable bonds is 5. The maximum Gasteiger partial charge on any atom is 0.254 e. The number of sulfonamides is 1. The van der Waals surface area contributed by atoms with Gasteiger partial charge < -0.3 is 4.90 Å². The largest absolute Gasteiger partial charge is 0.331 e. The normalized spacial score (nSPS) is 16.8. The summed E-state index contributed by atoms with van der Waals surface area (Å²) in [5.41, 5.74) is 1.65. The lowest BCUT2D eigenvalue weighted by Gasteiger charge is -2.33. The summed E-state index contributed by atoms with van der Waals surface area (Å²) in [5.74, 6) is -0.101. The fraction of sp³-hybridized carbons (Fsp3) is 0.333. The zero-order valence-electron chi connectivity index (χ0n) is 14.3. The van der Waals surface area contributed by atoms with E-state index in [4.69, 9.17) is 5.26 Å². The lowest BCUT2D eigenvalue weighted by molar-refractivity contribution is 0.0679. The van der Waals surface area contributed by atoms with Crippen LogP contribution in [0.1, 0.15) is 40.2 Å². The third-order valence-corrected chi connectivity index (χ3v) is 6.95. The highest BCUT2D eigenvalue weighted by Gasteiger charge is 2.29. The summed E-state index contributed by atoms with van der Waals surface area (Å²) in [4.78, 5) is 16.1. The summed E-state index contributed by atoms with van der Waals surface area (Å²) in [6, 6.07) is 9.88. The van der Waals surface area contributed by atoms with Gasteiger partial charge in [0, 0.05) is 30.0 Å². The smallest absolute Gasteiger partial charge is 0.254 e. The number of nitriles is 1. The average Bonchev–Trinajstić information content (AvgIpc) is 3.11. The standard InChI is InChI=1S/C18H19N3O3S2/c1-13-16-8-12-25-17(16)7-11-21(13)18(22)14-3-5-15(6-4-14)26(23,24)20-10-2-9-19/h3-6,8,12-13,20H,2,7,10-11H2,1H3/t13-/m0/s1. The molecule has 0 fully saturated rings. The van der Waals surface area contributed by atoms with Gasteiger partial charge in [-0.2, -0.15) is 5.26 Å². The van der Waals surface area contributed by atoms with Crippen molar-refractivity contribution < 1.29 is 13.2 Å². The van der Waals surface area contributed by atoms with Crippen molar-refractivity contribution in [3.63, 3.8) is 0 Å². The first kappa shape index (κ1) is 18.6. The quantitative estimate of drug-likeness (QED) is 0.796. The first-order valence-corrected chi connectivity index (χ1v) is 10.6. The highest BCUT2D eigenvalue weighted by atomic mass is 32.2. The Kier molecular flexibility index (Phi) is 5.41. The van der Waals surface area contributed by atoms with Gasteiger partial charge in [-0.15, -0.1) is 11.3 Å². The van der Waals surface area contributed by atoms with Crippen molar-refractivity contribution in [3.8, 4) is 6.07 Å². The number of benzene rings is 1. The lowest BCUT2D eigenvalue weighted by atomic mass is 10.0. The molecule has 1 atom stereocenters. The Morgan fingerprint density at radius 1 is 1.35 bits per heavy atom. The molecule has 3 rings (SSSR count). The van der Waals surface area contributed by atoms with Crippen LogP contribution in [0.3, 0.4) is 0 Å². The second-order valence-corrected chi connectivity index (χ2v) is 8.82. The molecule has 0 aliphatic carbocycles. The summed E-state index contributed by atoms with van der Waals surface area (Å²) in [5, 5.41) is 10.5. The summed E-state index contributed by atoms with van der Waals surface area (Å²) < 4.78 is 26.6. The van der Waals surface area contributed by atoms with E-state index in [1.54, 1.807) is 11.3 Å². The molecule has 0 unspecified atom stereocenters. The lowest BCUT2D eigenvalue weighted by Crippen LogP contribution is -2.38. The molecule has 0 spiro atoms.